The molecule has 0 bridgehead atoms. The molecule has 7 heteroatoms. The quantitative estimate of drug-likeness (QED) is 0.130. The molecule has 0 spiro atoms. The van der Waals surface area contributed by atoms with Crippen LogP contribution in [0.3, 0.4) is 0 Å². The maximum Gasteiger partial charge on any atom is 0 e. The van der Waals surface area contributed by atoms with Crippen LogP contribution in [0.25, 0.3) is 66.4 Å². The topological polar surface area (TPSA) is 52.1 Å². The molecule has 8 aromatic rings. The third-order valence-corrected chi connectivity index (χ3v) is 17.0. The zero-order chi connectivity index (χ0) is 32.1. The van der Waals surface area contributed by atoms with Crippen LogP contribution < -0.4 is 8.79 Å². The van der Waals surface area contributed by atoms with Gasteiger partial charge in [-0.3, -0.25) is 0 Å². The van der Waals surface area contributed by atoms with Crippen LogP contribution in [0.5, 0.6) is 0 Å². The summed E-state index contributed by atoms with van der Waals surface area (Å²) in [5, 5.41) is 4.60. The molecule has 47 heavy (non-hydrogen) atoms. The van der Waals surface area contributed by atoms with Gasteiger partial charge < -0.3 is 0 Å². The number of rotatable bonds is 4. The Labute approximate surface area is 294 Å². The molecule has 0 aliphatic rings. The van der Waals surface area contributed by atoms with Crippen molar-refractivity contribution in [2.45, 2.75) is 34.5 Å². The average Bonchev–Trinajstić information content (AvgIpc) is 3.63. The molecule has 0 saturated heterocycles. The Morgan fingerprint density at radius 3 is 1.30 bits per heavy atom. The van der Waals surface area contributed by atoms with Crippen molar-refractivity contribution in [2.75, 3.05) is 0 Å². The van der Waals surface area contributed by atoms with Crippen molar-refractivity contribution in [1.29, 1.82) is 0 Å². The van der Waals surface area contributed by atoms with E-state index in [1.165, 1.54) is 19.6 Å². The van der Waals surface area contributed by atoms with Crippen LogP contribution in [-0.2, 0) is 20.1 Å². The molecular formula is C40H36Ge2IrN2O2-2. The van der Waals surface area contributed by atoms with Crippen molar-refractivity contribution in [3.8, 4) is 22.5 Å². The summed E-state index contributed by atoms with van der Waals surface area (Å²) in [4.78, 5) is 8.89. The first-order chi connectivity index (χ1) is 22.1. The number of pyridine rings is 2. The smallest absolute Gasteiger partial charge is 0 e. The predicted molar refractivity (Wildman–Crippen MR) is 198 cm³/mol. The fourth-order valence-electron chi connectivity index (χ4n) is 5.82. The van der Waals surface area contributed by atoms with E-state index < -0.39 is 26.5 Å². The minimum absolute atomic E-state index is 0. The molecule has 1 radical (unpaired) electrons. The Balaban J connectivity index is 0.000000161. The third-order valence-electron chi connectivity index (χ3n) is 8.44. The SMILES string of the molecule is [CH3][Ge]([CH3])([CH3])[c]1ccc2c(c1)oc1c(-c3ccccn3)[c-]ccc12.[CH3][Ge]([CH3])([CH3])[c]1ccc2c(c1)oc1c(-c3ccccn3)[c-]ccc12.[Ir]. The van der Waals surface area contributed by atoms with E-state index in [1.807, 2.05) is 48.5 Å². The summed E-state index contributed by atoms with van der Waals surface area (Å²) < 4.78 is 15.4. The van der Waals surface area contributed by atoms with E-state index >= 15 is 0 Å². The van der Waals surface area contributed by atoms with Gasteiger partial charge >= 0.3 is 277 Å². The molecule has 4 heterocycles. The second-order valence-electron chi connectivity index (χ2n) is 13.7. The molecule has 0 atom stereocenters. The molecule has 0 N–H and O–H groups in total. The van der Waals surface area contributed by atoms with Crippen LogP contribution in [0.1, 0.15) is 0 Å². The van der Waals surface area contributed by atoms with Gasteiger partial charge in [-0.25, -0.2) is 0 Å². The molecule has 237 valence electrons. The Morgan fingerprint density at radius 2 is 0.936 bits per heavy atom. The van der Waals surface area contributed by atoms with Gasteiger partial charge in [0.15, 0.2) is 0 Å². The summed E-state index contributed by atoms with van der Waals surface area (Å²) >= 11 is -3.73. The van der Waals surface area contributed by atoms with Crippen molar-refractivity contribution in [3.63, 3.8) is 0 Å². The van der Waals surface area contributed by atoms with E-state index in [1.54, 1.807) is 12.4 Å². The number of fused-ring (bicyclic) bond motifs is 6. The van der Waals surface area contributed by atoms with Crippen molar-refractivity contribution in [1.82, 2.24) is 9.97 Å². The summed E-state index contributed by atoms with van der Waals surface area (Å²) in [6, 6.07) is 39.9. The van der Waals surface area contributed by atoms with Crippen molar-refractivity contribution in [3.05, 3.63) is 122 Å². The van der Waals surface area contributed by atoms with Gasteiger partial charge in [0.1, 0.15) is 0 Å². The van der Waals surface area contributed by atoms with Crippen LogP contribution in [0, 0.1) is 12.1 Å². The van der Waals surface area contributed by atoms with E-state index in [4.69, 9.17) is 8.83 Å². The summed E-state index contributed by atoms with van der Waals surface area (Å²) in [5.41, 5.74) is 7.33. The second-order valence-corrected chi connectivity index (χ2v) is 35.1. The molecule has 0 amide bonds. The summed E-state index contributed by atoms with van der Waals surface area (Å²) in [6.07, 6.45) is 3.60. The molecule has 4 nitrogen and oxygen atoms in total. The number of nitrogens with zero attached hydrogens (tertiary/aromatic N) is 2. The maximum atomic E-state index is 6.23. The maximum absolute atomic E-state index is 6.23. The van der Waals surface area contributed by atoms with Crippen molar-refractivity contribution in [2.24, 2.45) is 0 Å². The largest absolute Gasteiger partial charge is 0 e. The first-order valence-electron chi connectivity index (χ1n) is 15.7. The zero-order valence-corrected chi connectivity index (χ0v) is 34.0. The van der Waals surface area contributed by atoms with Crippen LogP contribution >= 0.6 is 0 Å². The van der Waals surface area contributed by atoms with Gasteiger partial charge in [0, 0.05) is 20.1 Å². The fraction of sp³-hybridized carbons (Fsp3) is 0.150. The van der Waals surface area contributed by atoms with Gasteiger partial charge in [-0.1, -0.05) is 0 Å². The molecule has 0 fully saturated rings. The molecule has 4 aromatic carbocycles. The first kappa shape index (κ1) is 33.4. The number of hydrogen-bond donors (Lipinski definition) is 0. The van der Waals surface area contributed by atoms with Gasteiger partial charge in [-0.05, 0) is 0 Å². The van der Waals surface area contributed by atoms with Crippen LogP contribution in [0.2, 0.25) is 34.5 Å². The summed E-state index contributed by atoms with van der Waals surface area (Å²) in [5.74, 6) is 14.4. The monoisotopic (exact) mass is 917 g/mol. The van der Waals surface area contributed by atoms with Crippen LogP contribution in [0.4, 0.5) is 0 Å². The Hall–Kier alpha value is -3.48. The second kappa shape index (κ2) is 13.2. The predicted octanol–water partition coefficient (Wildman–Crippen LogP) is 9.98. The standard InChI is InChI=1S/2C20H18GeNO.Ir/c2*1-21(2,3)14-10-11-15-16-7-6-8-17(18-9-4-5-12-22-18)20(16)23-19(15)13-14;/h2*4-7,9-13H,1-3H3;/q2*-1;. The van der Waals surface area contributed by atoms with E-state index in [0.717, 1.165) is 55.6 Å². The molecule has 8 rings (SSSR count). The van der Waals surface area contributed by atoms with Crippen molar-refractivity contribution >= 4 is 79.2 Å². The van der Waals surface area contributed by atoms with E-state index in [-0.39, 0.29) is 20.1 Å². The third kappa shape index (κ3) is 6.64. The number of benzene rings is 4. The minimum atomic E-state index is -1.87. The van der Waals surface area contributed by atoms with Gasteiger partial charge in [0.2, 0.25) is 0 Å². The molecule has 0 aliphatic heterocycles. The van der Waals surface area contributed by atoms with E-state index in [0.29, 0.717) is 0 Å². The van der Waals surface area contributed by atoms with Crippen LogP contribution in [-0.4, -0.2) is 36.5 Å². The van der Waals surface area contributed by atoms with E-state index in [9.17, 15) is 0 Å². The normalized spacial score (nSPS) is 11.9. The molecule has 0 aliphatic carbocycles. The van der Waals surface area contributed by atoms with Gasteiger partial charge in [0.25, 0.3) is 0 Å². The average molecular weight is 914 g/mol. The fourth-order valence-corrected chi connectivity index (χ4v) is 10.6. The first-order valence-corrected chi connectivity index (χ1v) is 30.3. The van der Waals surface area contributed by atoms with Gasteiger partial charge in [-0.2, -0.15) is 0 Å². The number of hydrogen-bond acceptors (Lipinski definition) is 4. The van der Waals surface area contributed by atoms with Gasteiger partial charge in [0.05, 0.1) is 0 Å². The summed E-state index contributed by atoms with van der Waals surface area (Å²) in [7, 11) is 0. The molecule has 0 unspecified atom stereocenters. The van der Waals surface area contributed by atoms with Crippen LogP contribution in [0.15, 0.2) is 118 Å². The number of furan rings is 2. The van der Waals surface area contributed by atoms with Gasteiger partial charge in [-0.15, -0.1) is 0 Å². The molecule has 0 saturated carbocycles. The zero-order valence-electron chi connectivity index (χ0n) is 27.4. The number of aromatic nitrogens is 2. The van der Waals surface area contributed by atoms with E-state index in [2.05, 4.69) is 105 Å². The molecular weight excluding hydrogens is 878 g/mol. The van der Waals surface area contributed by atoms with Crippen molar-refractivity contribution < 1.29 is 28.9 Å². The Bertz CT molecular complexity index is 2170. The Kier molecular flexibility index (Phi) is 9.38. The summed E-state index contributed by atoms with van der Waals surface area (Å²) in [6.45, 7) is 0. The Morgan fingerprint density at radius 1 is 0.511 bits per heavy atom. The molecule has 4 aromatic heterocycles. The minimum Gasteiger partial charge on any atom is 0 e.